The van der Waals surface area contributed by atoms with Crippen LogP contribution >= 0.6 is 11.3 Å². The summed E-state index contributed by atoms with van der Waals surface area (Å²) in [4.78, 5) is 27.0. The smallest absolute Gasteiger partial charge is 0.324 e. The van der Waals surface area contributed by atoms with Crippen LogP contribution < -0.4 is 0 Å². The molecule has 0 saturated carbocycles. The molecule has 0 bridgehead atoms. The van der Waals surface area contributed by atoms with Gasteiger partial charge in [-0.15, -0.1) is 0 Å². The zero-order valence-corrected chi connectivity index (χ0v) is 14.9. The molecule has 0 fully saturated rings. The van der Waals surface area contributed by atoms with Crippen LogP contribution in [0.4, 0.5) is 5.00 Å². The lowest BCUT2D eigenvalue weighted by Gasteiger charge is -2.23. The third-order valence-corrected chi connectivity index (χ3v) is 4.61. The van der Waals surface area contributed by atoms with E-state index in [1.165, 1.54) is 11.6 Å². The second-order valence-electron chi connectivity index (χ2n) is 5.92. The number of carbonyl (C=O) groups is 1. The first-order valence-electron chi connectivity index (χ1n) is 7.56. The quantitative estimate of drug-likeness (QED) is 0.570. The van der Waals surface area contributed by atoms with Crippen LogP contribution in [0, 0.1) is 17.0 Å². The third kappa shape index (κ3) is 5.14. The van der Waals surface area contributed by atoms with Gasteiger partial charge in [-0.05, 0) is 18.6 Å². The molecule has 0 atom stereocenters. The fraction of sp³-hybridized carbons (Fsp3) is 0.353. The summed E-state index contributed by atoms with van der Waals surface area (Å²) in [5.41, 5.74) is 2.29. The van der Waals surface area contributed by atoms with E-state index in [0.29, 0.717) is 13.1 Å². The topological polar surface area (TPSA) is 66.7 Å². The molecule has 1 amide bonds. The number of rotatable bonds is 7. The molecule has 1 aromatic heterocycles. The molecule has 0 radical (unpaired) electrons. The number of thiophene rings is 1. The van der Waals surface area contributed by atoms with Crippen LogP contribution in [0.2, 0.25) is 0 Å². The molecule has 6 nitrogen and oxygen atoms in total. The Labute approximate surface area is 145 Å². The lowest BCUT2D eigenvalue weighted by molar-refractivity contribution is -0.380. The minimum atomic E-state index is -0.385. The van der Waals surface area contributed by atoms with E-state index >= 15 is 0 Å². The van der Waals surface area contributed by atoms with Crippen molar-refractivity contribution in [3.05, 3.63) is 62.5 Å². The Morgan fingerprint density at radius 3 is 2.33 bits per heavy atom. The van der Waals surface area contributed by atoms with E-state index in [1.807, 2.05) is 36.1 Å². The number of hydrogen-bond acceptors (Lipinski definition) is 5. The van der Waals surface area contributed by atoms with Crippen molar-refractivity contribution >= 4 is 22.2 Å². The maximum Gasteiger partial charge on any atom is 0.324 e. The van der Waals surface area contributed by atoms with Gasteiger partial charge in [0.2, 0.25) is 5.91 Å². The van der Waals surface area contributed by atoms with Crippen LogP contribution in [0.25, 0.3) is 0 Å². The molecular weight excluding hydrogens is 326 g/mol. The Kier molecular flexibility index (Phi) is 6.05. The van der Waals surface area contributed by atoms with Gasteiger partial charge in [-0.3, -0.25) is 19.8 Å². The lowest BCUT2D eigenvalue weighted by Crippen LogP contribution is -2.35. The zero-order chi connectivity index (χ0) is 17.7. The number of amides is 1. The van der Waals surface area contributed by atoms with E-state index in [-0.39, 0.29) is 22.4 Å². The Hall–Kier alpha value is -2.25. The van der Waals surface area contributed by atoms with Crippen molar-refractivity contribution in [1.82, 2.24) is 9.80 Å². The van der Waals surface area contributed by atoms with Crippen LogP contribution in [0.5, 0.6) is 0 Å². The van der Waals surface area contributed by atoms with Crippen molar-refractivity contribution in [2.24, 2.45) is 0 Å². The van der Waals surface area contributed by atoms with E-state index in [0.717, 1.165) is 21.8 Å². The minimum absolute atomic E-state index is 0.00756. The maximum atomic E-state index is 12.1. The van der Waals surface area contributed by atoms with Crippen molar-refractivity contribution in [1.29, 1.82) is 0 Å². The number of hydrogen-bond donors (Lipinski definition) is 0. The molecule has 0 aliphatic rings. The normalized spacial score (nSPS) is 10.8. The number of nitro groups is 1. The summed E-state index contributed by atoms with van der Waals surface area (Å²) in [6.07, 6.45) is 0. The first kappa shape index (κ1) is 18.1. The number of benzene rings is 1. The van der Waals surface area contributed by atoms with Gasteiger partial charge in [0.1, 0.15) is 0 Å². The predicted molar refractivity (Wildman–Crippen MR) is 95.0 cm³/mol. The average Bonchev–Trinajstić information content (AvgIpc) is 2.98. The average molecular weight is 347 g/mol. The number of aryl methyl sites for hydroxylation is 1. The highest BCUT2D eigenvalue weighted by atomic mass is 32.1. The predicted octanol–water partition coefficient (Wildman–Crippen LogP) is 3.06. The third-order valence-electron chi connectivity index (χ3n) is 3.59. The highest BCUT2D eigenvalue weighted by Gasteiger charge is 2.16. The molecule has 0 spiro atoms. The fourth-order valence-electron chi connectivity index (χ4n) is 2.22. The Morgan fingerprint density at radius 1 is 1.12 bits per heavy atom. The van der Waals surface area contributed by atoms with Crippen molar-refractivity contribution in [3.8, 4) is 0 Å². The second-order valence-corrected chi connectivity index (χ2v) is 7.06. The van der Waals surface area contributed by atoms with Gasteiger partial charge < -0.3 is 4.90 Å². The van der Waals surface area contributed by atoms with Gasteiger partial charge in [-0.2, -0.15) is 0 Å². The highest BCUT2D eigenvalue weighted by Crippen LogP contribution is 2.25. The molecule has 7 heteroatoms. The fourth-order valence-corrected chi connectivity index (χ4v) is 3.08. The Balaban J connectivity index is 2.13. The monoisotopic (exact) mass is 347 g/mol. The zero-order valence-electron chi connectivity index (χ0n) is 14.1. The molecule has 1 heterocycles. The molecule has 1 aromatic carbocycles. The molecule has 128 valence electrons. The van der Waals surface area contributed by atoms with Crippen LogP contribution in [0.15, 0.2) is 36.4 Å². The van der Waals surface area contributed by atoms with Gasteiger partial charge in [-0.1, -0.05) is 41.2 Å². The summed E-state index contributed by atoms with van der Waals surface area (Å²) >= 11 is 1.15. The number of likely N-dealkylation sites (N-methyl/N-ethyl adjacent to an activating group) is 1. The molecule has 0 saturated heterocycles. The van der Waals surface area contributed by atoms with Gasteiger partial charge in [0.25, 0.3) is 0 Å². The van der Waals surface area contributed by atoms with Crippen LogP contribution in [0.1, 0.15) is 16.0 Å². The summed E-state index contributed by atoms with van der Waals surface area (Å²) < 4.78 is 0. The van der Waals surface area contributed by atoms with E-state index in [2.05, 4.69) is 0 Å². The Morgan fingerprint density at radius 2 is 1.79 bits per heavy atom. The van der Waals surface area contributed by atoms with Gasteiger partial charge in [0, 0.05) is 38.1 Å². The first-order chi connectivity index (χ1) is 11.3. The summed E-state index contributed by atoms with van der Waals surface area (Å²) in [5, 5.41) is 11.0. The number of carbonyl (C=O) groups excluding carboxylic acids is 1. The molecule has 2 aromatic rings. The van der Waals surface area contributed by atoms with Gasteiger partial charge >= 0.3 is 5.00 Å². The van der Waals surface area contributed by atoms with Crippen molar-refractivity contribution < 1.29 is 9.72 Å². The van der Waals surface area contributed by atoms with Crippen molar-refractivity contribution in [2.45, 2.75) is 20.0 Å². The summed E-state index contributed by atoms with van der Waals surface area (Å²) in [6, 6.07) is 11.4. The van der Waals surface area contributed by atoms with Crippen molar-refractivity contribution in [3.63, 3.8) is 0 Å². The second kappa shape index (κ2) is 8.03. The van der Waals surface area contributed by atoms with Gasteiger partial charge in [0.05, 0.1) is 11.5 Å². The first-order valence-corrected chi connectivity index (χ1v) is 8.38. The van der Waals surface area contributed by atoms with E-state index < -0.39 is 0 Å². The molecular formula is C17H21N3O3S. The SMILES string of the molecule is Cc1ccc(CN(CC(=O)N(C)C)Cc2ccc([N+](=O)[O-])s2)cc1. The van der Waals surface area contributed by atoms with Crippen LogP contribution in [0.3, 0.4) is 0 Å². The lowest BCUT2D eigenvalue weighted by atomic mass is 10.1. The standard InChI is InChI=1S/C17H21N3O3S/c1-13-4-6-14(7-5-13)10-19(12-16(21)18(2)3)11-15-8-9-17(24-15)20(22)23/h4-9H,10-12H2,1-3H3. The molecule has 0 aliphatic carbocycles. The molecule has 2 rings (SSSR count). The molecule has 24 heavy (non-hydrogen) atoms. The Bertz CT molecular complexity index is 710. The number of nitrogens with zero attached hydrogens (tertiary/aromatic N) is 3. The largest absolute Gasteiger partial charge is 0.348 e. The molecule has 0 N–H and O–H groups in total. The van der Waals surface area contributed by atoms with Gasteiger partial charge in [-0.25, -0.2) is 0 Å². The maximum absolute atomic E-state index is 12.1. The van der Waals surface area contributed by atoms with Gasteiger partial charge in [0.15, 0.2) is 0 Å². The van der Waals surface area contributed by atoms with E-state index in [1.54, 1.807) is 25.1 Å². The summed E-state index contributed by atoms with van der Waals surface area (Å²) in [6.45, 7) is 3.42. The molecule has 0 unspecified atom stereocenters. The van der Waals surface area contributed by atoms with E-state index in [4.69, 9.17) is 0 Å². The van der Waals surface area contributed by atoms with E-state index in [9.17, 15) is 14.9 Å². The van der Waals surface area contributed by atoms with Crippen molar-refractivity contribution in [2.75, 3.05) is 20.6 Å². The minimum Gasteiger partial charge on any atom is -0.348 e. The summed E-state index contributed by atoms with van der Waals surface area (Å²) in [5.74, 6) is 0.00756. The highest BCUT2D eigenvalue weighted by molar-refractivity contribution is 7.15. The van der Waals surface area contributed by atoms with Crippen LogP contribution in [-0.2, 0) is 17.9 Å². The summed E-state index contributed by atoms with van der Waals surface area (Å²) in [7, 11) is 3.45. The molecule has 0 aliphatic heterocycles. The van der Waals surface area contributed by atoms with Crippen LogP contribution in [-0.4, -0.2) is 41.3 Å².